The summed E-state index contributed by atoms with van der Waals surface area (Å²) in [4.78, 5) is 23.7. The number of sulfonamides is 1. The summed E-state index contributed by atoms with van der Waals surface area (Å²) in [6, 6.07) is 10.1. The summed E-state index contributed by atoms with van der Waals surface area (Å²) in [6.07, 6.45) is -4.24. The first-order valence-electron chi connectivity index (χ1n) is 13.0. The summed E-state index contributed by atoms with van der Waals surface area (Å²) in [5.74, 6) is -0.656. The van der Waals surface area contributed by atoms with Crippen LogP contribution in [0.5, 0.6) is 5.75 Å². The van der Waals surface area contributed by atoms with Crippen LogP contribution in [-0.2, 0) is 16.2 Å². The van der Waals surface area contributed by atoms with E-state index in [0.29, 0.717) is 6.54 Å². The molecule has 2 aromatic heterocycles. The minimum atomic E-state index is -4.64. The van der Waals surface area contributed by atoms with Gasteiger partial charge in [-0.05, 0) is 82.5 Å². The van der Waals surface area contributed by atoms with Crippen molar-refractivity contribution in [2.75, 3.05) is 17.2 Å². The van der Waals surface area contributed by atoms with Gasteiger partial charge in [-0.15, -0.1) is 0 Å². The number of aromatic nitrogens is 2. The molecule has 1 fully saturated rings. The van der Waals surface area contributed by atoms with Gasteiger partial charge in [0.15, 0.2) is 5.03 Å². The average molecular weight is 592 g/mol. The molecule has 0 spiro atoms. The van der Waals surface area contributed by atoms with E-state index in [9.17, 15) is 26.4 Å². The molecule has 41 heavy (non-hydrogen) atoms. The lowest BCUT2D eigenvalue weighted by molar-refractivity contribution is -0.137. The monoisotopic (exact) mass is 591 g/mol. The number of carbonyl (C=O) groups is 1. The van der Waals surface area contributed by atoms with Gasteiger partial charge in [-0.1, -0.05) is 13.0 Å². The number of pyridine rings is 2. The molecule has 1 atom stereocenters. The topological polar surface area (TPSA) is 128 Å². The molecule has 1 amide bonds. The average Bonchev–Trinajstić information content (AvgIpc) is 3.14. The second-order valence-electron chi connectivity index (χ2n) is 10.8. The van der Waals surface area contributed by atoms with Crippen LogP contribution in [0, 0.1) is 5.92 Å². The molecule has 0 bridgehead atoms. The number of ether oxygens (including phenoxy) is 1. The Morgan fingerprint density at radius 3 is 2.44 bits per heavy atom. The van der Waals surface area contributed by atoms with Crippen LogP contribution in [0.1, 0.15) is 57.0 Å². The summed E-state index contributed by atoms with van der Waals surface area (Å²) in [5.41, 5.74) is 4.44. The second-order valence-corrected chi connectivity index (χ2v) is 12.4. The fourth-order valence-corrected chi connectivity index (χ4v) is 5.60. The van der Waals surface area contributed by atoms with Crippen molar-refractivity contribution in [3.05, 3.63) is 59.7 Å². The molecule has 1 aliphatic rings. The summed E-state index contributed by atoms with van der Waals surface area (Å²) < 4.78 is 74.7. The fourth-order valence-electron chi connectivity index (χ4n) is 4.66. The van der Waals surface area contributed by atoms with Gasteiger partial charge in [-0.2, -0.15) is 21.6 Å². The summed E-state index contributed by atoms with van der Waals surface area (Å²) in [7, 11) is -4.39. The zero-order chi connectivity index (χ0) is 30.3. The van der Waals surface area contributed by atoms with Crippen LogP contribution in [0.15, 0.2) is 53.6 Å². The summed E-state index contributed by atoms with van der Waals surface area (Å²) in [6.45, 7) is 9.88. The molecule has 0 saturated carbocycles. The standard InChI is InChI=1S/C28H32F3N5O4S/c1-16(2)40-20-14-18(13-19(15-20)28(29,30)31)22-10-9-21(25(33-22)36-12-11-17(3)27(36,4)5)26(37)35-41(38,39)24-8-6-7-23(32)34-24/h6-10,13-17H,11-12H2,1-5H3,(H2,32,34)(H,35,37). The van der Waals surface area contributed by atoms with Crippen LogP contribution in [0.25, 0.3) is 11.3 Å². The third kappa shape index (κ3) is 6.39. The third-order valence-electron chi connectivity index (χ3n) is 7.21. The molecule has 4 rings (SSSR count). The number of amides is 1. The van der Waals surface area contributed by atoms with E-state index in [1.807, 2.05) is 30.4 Å². The quantitative estimate of drug-likeness (QED) is 0.380. The highest BCUT2D eigenvalue weighted by Crippen LogP contribution is 2.40. The maximum atomic E-state index is 13.8. The van der Waals surface area contributed by atoms with E-state index in [0.717, 1.165) is 18.6 Å². The number of alkyl halides is 3. The van der Waals surface area contributed by atoms with Crippen molar-refractivity contribution >= 4 is 27.6 Å². The van der Waals surface area contributed by atoms with Crippen molar-refractivity contribution in [3.8, 4) is 17.0 Å². The lowest BCUT2D eigenvalue weighted by atomic mass is 9.90. The Kier molecular flexibility index (Phi) is 7.96. The number of anilines is 2. The summed E-state index contributed by atoms with van der Waals surface area (Å²) in [5, 5.41) is -0.436. The lowest BCUT2D eigenvalue weighted by Crippen LogP contribution is -2.43. The normalized spacial score (nSPS) is 17.1. The Labute approximate surface area is 237 Å². The van der Waals surface area contributed by atoms with Crippen LogP contribution in [-0.4, -0.2) is 42.5 Å². The zero-order valence-electron chi connectivity index (χ0n) is 23.3. The largest absolute Gasteiger partial charge is 0.491 e. The smallest absolute Gasteiger partial charge is 0.416 e. The van der Waals surface area contributed by atoms with Gasteiger partial charge < -0.3 is 15.4 Å². The molecule has 0 aliphatic carbocycles. The van der Waals surface area contributed by atoms with E-state index in [-0.39, 0.29) is 46.2 Å². The van der Waals surface area contributed by atoms with Crippen molar-refractivity contribution in [1.82, 2.24) is 14.7 Å². The molecule has 1 aliphatic heterocycles. The molecule has 1 saturated heterocycles. The number of benzene rings is 1. The molecule has 3 heterocycles. The van der Waals surface area contributed by atoms with E-state index >= 15 is 0 Å². The Hall–Kier alpha value is -3.87. The van der Waals surface area contributed by atoms with Crippen molar-refractivity contribution in [3.63, 3.8) is 0 Å². The van der Waals surface area contributed by atoms with Gasteiger partial charge >= 0.3 is 6.18 Å². The third-order valence-corrected chi connectivity index (χ3v) is 8.44. The molecule has 220 valence electrons. The SMILES string of the molecule is CC(C)Oc1cc(-c2ccc(C(=O)NS(=O)(=O)c3cccc(N)n3)c(N3CCC(C)C3(C)C)n2)cc(C(F)(F)F)c1. The van der Waals surface area contributed by atoms with Gasteiger partial charge in [0.25, 0.3) is 15.9 Å². The first kappa shape index (κ1) is 30.1. The van der Waals surface area contributed by atoms with Gasteiger partial charge in [0, 0.05) is 17.6 Å². The molecule has 3 aromatic rings. The van der Waals surface area contributed by atoms with Gasteiger partial charge in [0.2, 0.25) is 0 Å². The number of rotatable bonds is 7. The molecule has 13 heteroatoms. The van der Waals surface area contributed by atoms with E-state index in [2.05, 4.69) is 9.97 Å². The van der Waals surface area contributed by atoms with E-state index in [1.165, 1.54) is 36.4 Å². The minimum absolute atomic E-state index is 0.0193. The lowest BCUT2D eigenvalue weighted by Gasteiger charge is -2.36. The Morgan fingerprint density at radius 1 is 1.15 bits per heavy atom. The molecule has 1 aromatic carbocycles. The van der Waals surface area contributed by atoms with Crippen LogP contribution >= 0.6 is 0 Å². The first-order valence-corrected chi connectivity index (χ1v) is 14.4. The number of hydrogen-bond donors (Lipinski definition) is 2. The van der Waals surface area contributed by atoms with Crippen molar-refractivity contribution in [1.29, 1.82) is 0 Å². The predicted octanol–water partition coefficient (Wildman–Crippen LogP) is 5.28. The number of carbonyl (C=O) groups excluding carboxylic acids is 1. The highest BCUT2D eigenvalue weighted by Gasteiger charge is 2.41. The highest BCUT2D eigenvalue weighted by atomic mass is 32.2. The molecule has 3 N–H and O–H groups in total. The molecule has 9 nitrogen and oxygen atoms in total. The number of nitrogen functional groups attached to an aromatic ring is 1. The maximum Gasteiger partial charge on any atom is 0.416 e. The fraction of sp³-hybridized carbons (Fsp3) is 0.393. The van der Waals surface area contributed by atoms with E-state index < -0.39 is 38.2 Å². The van der Waals surface area contributed by atoms with E-state index in [1.54, 1.807) is 13.8 Å². The molecular formula is C28H32F3N5O4S. The first-order chi connectivity index (χ1) is 19.0. The van der Waals surface area contributed by atoms with Gasteiger partial charge in [0.05, 0.1) is 22.9 Å². The Bertz CT molecular complexity index is 1580. The van der Waals surface area contributed by atoms with Crippen LogP contribution in [0.4, 0.5) is 24.8 Å². The van der Waals surface area contributed by atoms with Crippen LogP contribution < -0.4 is 20.1 Å². The molecule has 0 radical (unpaired) electrons. The number of nitrogens with two attached hydrogens (primary N) is 1. The number of hydrogen-bond acceptors (Lipinski definition) is 8. The number of halogens is 3. The van der Waals surface area contributed by atoms with Crippen molar-refractivity contribution < 1.29 is 31.1 Å². The minimum Gasteiger partial charge on any atom is -0.491 e. The van der Waals surface area contributed by atoms with Crippen LogP contribution in [0.2, 0.25) is 0 Å². The number of nitrogens with one attached hydrogen (secondary N) is 1. The predicted molar refractivity (Wildman–Crippen MR) is 149 cm³/mol. The van der Waals surface area contributed by atoms with Gasteiger partial charge in [-0.25, -0.2) is 14.7 Å². The number of nitrogens with zero attached hydrogens (tertiary/aromatic N) is 3. The van der Waals surface area contributed by atoms with Gasteiger partial charge in [-0.3, -0.25) is 4.79 Å². The van der Waals surface area contributed by atoms with Gasteiger partial charge in [0.1, 0.15) is 17.4 Å². The zero-order valence-corrected chi connectivity index (χ0v) is 24.1. The molecular weight excluding hydrogens is 559 g/mol. The second kappa shape index (κ2) is 10.8. The Morgan fingerprint density at radius 2 is 1.85 bits per heavy atom. The molecule has 1 unspecified atom stereocenters. The maximum absolute atomic E-state index is 13.8. The Balaban J connectivity index is 1.83. The highest BCUT2D eigenvalue weighted by molar-refractivity contribution is 7.90. The van der Waals surface area contributed by atoms with Crippen molar-refractivity contribution in [2.45, 2.75) is 63.9 Å². The summed E-state index contributed by atoms with van der Waals surface area (Å²) >= 11 is 0. The van der Waals surface area contributed by atoms with E-state index in [4.69, 9.17) is 10.5 Å². The van der Waals surface area contributed by atoms with Crippen molar-refractivity contribution in [2.24, 2.45) is 5.92 Å². The van der Waals surface area contributed by atoms with Crippen LogP contribution in [0.3, 0.4) is 0 Å².